The van der Waals surface area contributed by atoms with Gasteiger partial charge in [-0.15, -0.1) is 10.2 Å². The normalized spacial score (nSPS) is 15.4. The number of hydrogen-bond donors (Lipinski definition) is 1. The molecule has 0 saturated carbocycles. The van der Waals surface area contributed by atoms with Crippen molar-refractivity contribution in [2.45, 2.75) is 19.8 Å². The van der Waals surface area contributed by atoms with E-state index in [2.05, 4.69) is 20.5 Å². The van der Waals surface area contributed by atoms with Gasteiger partial charge in [-0.25, -0.2) is 0 Å². The largest absolute Gasteiger partial charge is 0.492 e. The number of carbonyl (C=O) groups is 1. The Hall–Kier alpha value is -3.22. The van der Waals surface area contributed by atoms with Gasteiger partial charge in [-0.05, 0) is 37.1 Å². The summed E-state index contributed by atoms with van der Waals surface area (Å²) >= 11 is 0. The molecule has 1 aliphatic heterocycles. The summed E-state index contributed by atoms with van der Waals surface area (Å²) in [5, 5.41) is 10.9. The number of rotatable bonds is 3. The summed E-state index contributed by atoms with van der Waals surface area (Å²) in [6.45, 7) is 4.42. The van der Waals surface area contributed by atoms with Crippen LogP contribution in [0.15, 0.2) is 36.9 Å². The van der Waals surface area contributed by atoms with E-state index in [1.54, 1.807) is 23.3 Å². The molecule has 2 aromatic heterocycles. The van der Waals surface area contributed by atoms with Gasteiger partial charge in [-0.3, -0.25) is 9.78 Å². The van der Waals surface area contributed by atoms with Crippen LogP contribution < -0.4 is 10.1 Å². The van der Waals surface area contributed by atoms with Gasteiger partial charge in [-0.2, -0.15) is 0 Å². The van der Waals surface area contributed by atoms with Crippen molar-refractivity contribution in [3.63, 3.8) is 0 Å². The lowest BCUT2D eigenvalue weighted by Crippen LogP contribution is -2.22. The molecule has 1 amide bonds. The Kier molecular flexibility index (Phi) is 3.91. The van der Waals surface area contributed by atoms with Crippen molar-refractivity contribution in [1.29, 1.82) is 0 Å². The molecule has 0 radical (unpaired) electrons. The molecule has 4 rings (SSSR count). The Morgan fingerprint density at radius 3 is 2.81 bits per heavy atom. The summed E-state index contributed by atoms with van der Waals surface area (Å²) in [6, 6.07) is 5.87. The highest BCUT2D eigenvalue weighted by atomic mass is 16.5. The lowest BCUT2D eigenvalue weighted by Gasteiger charge is -2.12. The zero-order valence-corrected chi connectivity index (χ0v) is 14.9. The monoisotopic (exact) mass is 349 g/mol. The third-order valence-corrected chi connectivity index (χ3v) is 4.70. The quantitative estimate of drug-likeness (QED) is 0.786. The first kappa shape index (κ1) is 16.3. The summed E-state index contributed by atoms with van der Waals surface area (Å²) in [4.78, 5) is 17.0. The van der Waals surface area contributed by atoms with E-state index in [9.17, 15) is 4.79 Å². The molecule has 1 atom stereocenters. The molecule has 3 heterocycles. The molecule has 0 unspecified atom stereocenters. The maximum absolute atomic E-state index is 12.8. The average Bonchev–Trinajstić information content (AvgIpc) is 3.22. The van der Waals surface area contributed by atoms with Gasteiger partial charge in [0.15, 0.2) is 5.82 Å². The second-order valence-corrected chi connectivity index (χ2v) is 6.55. The number of fused-ring (bicyclic) bond motifs is 1. The first-order valence-corrected chi connectivity index (χ1v) is 8.37. The molecule has 7 nitrogen and oxygen atoms in total. The highest BCUT2D eigenvalue weighted by molar-refractivity contribution is 5.97. The maximum Gasteiger partial charge on any atom is 0.235 e. The van der Waals surface area contributed by atoms with Crippen LogP contribution in [0, 0.1) is 13.8 Å². The van der Waals surface area contributed by atoms with Crippen molar-refractivity contribution in [2.75, 3.05) is 11.9 Å². The Labute approximate surface area is 151 Å². The molecule has 1 aromatic carbocycles. The zero-order valence-electron chi connectivity index (χ0n) is 14.9. The van der Waals surface area contributed by atoms with Crippen molar-refractivity contribution in [1.82, 2.24) is 19.7 Å². The second kappa shape index (κ2) is 6.25. The number of pyridine rings is 1. The molecule has 7 heteroatoms. The van der Waals surface area contributed by atoms with Crippen molar-refractivity contribution in [2.24, 2.45) is 7.05 Å². The third kappa shape index (κ3) is 2.81. The number of amides is 1. The molecule has 0 spiro atoms. The average molecular weight is 349 g/mol. The number of carbonyl (C=O) groups excluding carboxylic acids is 1. The summed E-state index contributed by atoms with van der Waals surface area (Å²) in [5.41, 5.74) is 4.65. The van der Waals surface area contributed by atoms with Crippen LogP contribution in [-0.2, 0) is 11.8 Å². The van der Waals surface area contributed by atoms with Crippen LogP contribution in [0.1, 0.15) is 22.6 Å². The standard InChI is InChI=1S/C19H19N5O2/c1-11-4-15-16(9-26-17(15)5-12(11)2)19(25)22-14-6-13(7-20-8-14)18-23-21-10-24(18)3/h4-8,10,16H,9H2,1-3H3,(H,22,25)/t16-/m0/s1. The minimum Gasteiger partial charge on any atom is -0.492 e. The van der Waals surface area contributed by atoms with E-state index in [4.69, 9.17) is 4.74 Å². The molecule has 1 N–H and O–H groups in total. The van der Waals surface area contributed by atoms with E-state index in [0.29, 0.717) is 18.1 Å². The van der Waals surface area contributed by atoms with Crippen LogP contribution in [0.3, 0.4) is 0 Å². The van der Waals surface area contributed by atoms with Crippen LogP contribution in [-0.4, -0.2) is 32.3 Å². The van der Waals surface area contributed by atoms with Gasteiger partial charge in [0.25, 0.3) is 0 Å². The maximum atomic E-state index is 12.8. The van der Waals surface area contributed by atoms with Crippen molar-refractivity contribution >= 4 is 11.6 Å². The van der Waals surface area contributed by atoms with Gasteiger partial charge in [-0.1, -0.05) is 6.07 Å². The predicted molar refractivity (Wildman–Crippen MR) is 97.0 cm³/mol. The van der Waals surface area contributed by atoms with Crippen molar-refractivity contribution in [3.05, 3.63) is 53.6 Å². The van der Waals surface area contributed by atoms with Gasteiger partial charge < -0.3 is 14.6 Å². The SMILES string of the molecule is Cc1cc2c(cc1C)[C@@H](C(=O)Nc1cncc(-c3nncn3C)c1)CO2. The molecular formula is C19H19N5O2. The minimum absolute atomic E-state index is 0.107. The minimum atomic E-state index is -0.331. The van der Waals surface area contributed by atoms with E-state index in [1.807, 2.05) is 39.1 Å². The van der Waals surface area contributed by atoms with Gasteiger partial charge in [0, 0.05) is 24.4 Å². The van der Waals surface area contributed by atoms with E-state index in [1.165, 1.54) is 0 Å². The Bertz CT molecular complexity index is 995. The first-order valence-electron chi connectivity index (χ1n) is 8.37. The van der Waals surface area contributed by atoms with Gasteiger partial charge in [0.2, 0.25) is 5.91 Å². The third-order valence-electron chi connectivity index (χ3n) is 4.70. The Balaban J connectivity index is 1.57. The Morgan fingerprint density at radius 2 is 2.04 bits per heavy atom. The van der Waals surface area contributed by atoms with Crippen LogP contribution in [0.5, 0.6) is 5.75 Å². The summed E-state index contributed by atoms with van der Waals surface area (Å²) in [7, 11) is 1.86. The number of benzene rings is 1. The predicted octanol–water partition coefficient (Wildman–Crippen LogP) is 2.61. The summed E-state index contributed by atoms with van der Waals surface area (Å²) < 4.78 is 7.51. The lowest BCUT2D eigenvalue weighted by molar-refractivity contribution is -0.117. The highest BCUT2D eigenvalue weighted by Gasteiger charge is 2.31. The number of ether oxygens (including phenoxy) is 1. The van der Waals surface area contributed by atoms with E-state index >= 15 is 0 Å². The molecular weight excluding hydrogens is 330 g/mol. The fourth-order valence-electron chi connectivity index (χ4n) is 3.09. The fraction of sp³-hybridized carbons (Fsp3) is 0.263. The second-order valence-electron chi connectivity index (χ2n) is 6.55. The lowest BCUT2D eigenvalue weighted by atomic mass is 9.96. The van der Waals surface area contributed by atoms with Gasteiger partial charge in [0.1, 0.15) is 24.6 Å². The summed E-state index contributed by atoms with van der Waals surface area (Å²) in [5.74, 6) is 1.04. The molecule has 0 saturated heterocycles. The van der Waals surface area contributed by atoms with Crippen LogP contribution in [0.4, 0.5) is 5.69 Å². The first-order chi connectivity index (χ1) is 12.5. The van der Waals surface area contributed by atoms with E-state index < -0.39 is 0 Å². The smallest absolute Gasteiger partial charge is 0.235 e. The molecule has 0 aliphatic carbocycles. The number of nitrogens with zero attached hydrogens (tertiary/aromatic N) is 4. The number of hydrogen-bond acceptors (Lipinski definition) is 5. The number of aryl methyl sites for hydroxylation is 3. The highest BCUT2D eigenvalue weighted by Crippen LogP contribution is 2.36. The van der Waals surface area contributed by atoms with Crippen LogP contribution in [0.2, 0.25) is 0 Å². The molecule has 0 fully saturated rings. The van der Waals surface area contributed by atoms with Crippen molar-refractivity contribution in [3.8, 4) is 17.1 Å². The Morgan fingerprint density at radius 1 is 1.23 bits per heavy atom. The van der Waals surface area contributed by atoms with Crippen LogP contribution >= 0.6 is 0 Å². The van der Waals surface area contributed by atoms with Crippen molar-refractivity contribution < 1.29 is 9.53 Å². The summed E-state index contributed by atoms with van der Waals surface area (Å²) in [6.07, 6.45) is 4.94. The van der Waals surface area contributed by atoms with Crippen LogP contribution in [0.25, 0.3) is 11.4 Å². The topological polar surface area (TPSA) is 81.9 Å². The number of nitrogens with one attached hydrogen (secondary N) is 1. The van der Waals surface area contributed by atoms with E-state index in [0.717, 1.165) is 28.0 Å². The number of aromatic nitrogens is 4. The molecule has 26 heavy (non-hydrogen) atoms. The molecule has 3 aromatic rings. The van der Waals surface area contributed by atoms with E-state index in [-0.39, 0.29) is 11.8 Å². The number of anilines is 1. The molecule has 0 bridgehead atoms. The molecule has 132 valence electrons. The fourth-order valence-corrected chi connectivity index (χ4v) is 3.09. The zero-order chi connectivity index (χ0) is 18.3. The van der Waals surface area contributed by atoms with Gasteiger partial charge >= 0.3 is 0 Å². The van der Waals surface area contributed by atoms with Gasteiger partial charge in [0.05, 0.1) is 11.9 Å². The molecule has 1 aliphatic rings.